The zero-order chi connectivity index (χ0) is 23.3. The van der Waals surface area contributed by atoms with Crippen LogP contribution in [0.4, 0.5) is 0 Å². The molecule has 0 fully saturated rings. The average Bonchev–Trinajstić information content (AvgIpc) is 2.80. The summed E-state index contributed by atoms with van der Waals surface area (Å²) < 4.78 is 21.9. The SMILES string of the molecule is COc1ccc(CCNC[C@@H](O)COc2ccc3c(C)c(C)c(=O)oc3c2C)cc1OC. The third-order valence-corrected chi connectivity index (χ3v) is 5.67. The van der Waals surface area contributed by atoms with E-state index < -0.39 is 6.10 Å². The molecule has 1 aromatic heterocycles. The molecule has 1 heterocycles. The van der Waals surface area contributed by atoms with Crippen LogP contribution in [0, 0.1) is 20.8 Å². The van der Waals surface area contributed by atoms with Crippen LogP contribution >= 0.6 is 0 Å². The normalized spacial score (nSPS) is 12.1. The fourth-order valence-electron chi connectivity index (χ4n) is 3.56. The molecule has 0 aliphatic carbocycles. The quantitative estimate of drug-likeness (QED) is 0.368. The van der Waals surface area contributed by atoms with Crippen LogP contribution in [0.1, 0.15) is 22.3 Å². The van der Waals surface area contributed by atoms with E-state index in [0.29, 0.717) is 41.5 Å². The lowest BCUT2D eigenvalue weighted by atomic mass is 10.0. The molecule has 0 saturated heterocycles. The molecule has 1 atom stereocenters. The Hall–Kier alpha value is -3.03. The highest BCUT2D eigenvalue weighted by Gasteiger charge is 2.14. The predicted molar refractivity (Wildman–Crippen MR) is 124 cm³/mol. The van der Waals surface area contributed by atoms with Crippen LogP contribution in [0.25, 0.3) is 11.0 Å². The van der Waals surface area contributed by atoms with Gasteiger partial charge >= 0.3 is 5.63 Å². The zero-order valence-electron chi connectivity index (χ0n) is 19.3. The average molecular weight is 442 g/mol. The van der Waals surface area contributed by atoms with Crippen LogP contribution < -0.4 is 25.2 Å². The van der Waals surface area contributed by atoms with E-state index in [4.69, 9.17) is 18.6 Å². The maximum atomic E-state index is 12.0. The molecular weight excluding hydrogens is 410 g/mol. The number of fused-ring (bicyclic) bond motifs is 1. The minimum atomic E-state index is -0.678. The van der Waals surface area contributed by atoms with E-state index in [9.17, 15) is 9.90 Å². The molecule has 0 spiro atoms. The number of aryl methyl sites for hydroxylation is 2. The van der Waals surface area contributed by atoms with Crippen LogP contribution in [0.15, 0.2) is 39.5 Å². The summed E-state index contributed by atoms with van der Waals surface area (Å²) >= 11 is 0. The summed E-state index contributed by atoms with van der Waals surface area (Å²) in [6, 6.07) is 9.56. The highest BCUT2D eigenvalue weighted by Crippen LogP contribution is 2.29. The molecule has 2 aromatic carbocycles. The lowest BCUT2D eigenvalue weighted by molar-refractivity contribution is 0.106. The molecule has 3 aromatic rings. The van der Waals surface area contributed by atoms with E-state index in [1.807, 2.05) is 44.2 Å². The summed E-state index contributed by atoms with van der Waals surface area (Å²) in [5.74, 6) is 1.99. The molecule has 0 amide bonds. The Balaban J connectivity index is 1.51. The summed E-state index contributed by atoms with van der Waals surface area (Å²) in [5.41, 5.74) is 3.56. The summed E-state index contributed by atoms with van der Waals surface area (Å²) in [4.78, 5) is 12.0. The number of methoxy groups -OCH3 is 2. The molecule has 7 heteroatoms. The molecule has 0 unspecified atom stereocenters. The fraction of sp³-hybridized carbons (Fsp3) is 0.400. The summed E-state index contributed by atoms with van der Waals surface area (Å²) in [6.45, 7) is 6.74. The molecule has 0 radical (unpaired) electrons. The van der Waals surface area contributed by atoms with Gasteiger partial charge in [0.05, 0.1) is 14.2 Å². The minimum Gasteiger partial charge on any atom is -0.493 e. The van der Waals surface area contributed by atoms with Crippen molar-refractivity contribution >= 4 is 11.0 Å². The topological polar surface area (TPSA) is 90.2 Å². The van der Waals surface area contributed by atoms with Crippen molar-refractivity contribution in [2.24, 2.45) is 0 Å². The van der Waals surface area contributed by atoms with Crippen LogP contribution in [-0.2, 0) is 6.42 Å². The largest absolute Gasteiger partial charge is 0.493 e. The number of hydrogen-bond donors (Lipinski definition) is 2. The van der Waals surface area contributed by atoms with Gasteiger partial charge in [-0.3, -0.25) is 0 Å². The first kappa shape index (κ1) is 23.6. The van der Waals surface area contributed by atoms with Crippen molar-refractivity contribution in [1.82, 2.24) is 5.32 Å². The number of rotatable bonds is 10. The van der Waals surface area contributed by atoms with E-state index in [0.717, 1.165) is 28.5 Å². The number of aliphatic hydroxyl groups excluding tert-OH is 1. The Bertz CT molecular complexity index is 1140. The third kappa shape index (κ3) is 5.23. The summed E-state index contributed by atoms with van der Waals surface area (Å²) in [7, 11) is 3.23. The fourth-order valence-corrected chi connectivity index (χ4v) is 3.56. The van der Waals surface area contributed by atoms with Crippen LogP contribution in [-0.4, -0.2) is 45.1 Å². The van der Waals surface area contributed by atoms with Gasteiger partial charge in [0.25, 0.3) is 0 Å². The number of aliphatic hydroxyl groups is 1. The molecular formula is C25H31NO6. The molecule has 32 heavy (non-hydrogen) atoms. The second kappa shape index (κ2) is 10.5. The Labute approximate surface area is 187 Å². The van der Waals surface area contributed by atoms with Gasteiger partial charge in [-0.15, -0.1) is 0 Å². The minimum absolute atomic E-state index is 0.130. The van der Waals surface area contributed by atoms with Crippen molar-refractivity contribution in [3.05, 3.63) is 63.0 Å². The van der Waals surface area contributed by atoms with Crippen molar-refractivity contribution in [2.75, 3.05) is 33.9 Å². The van der Waals surface area contributed by atoms with Crippen molar-refractivity contribution in [3.8, 4) is 17.2 Å². The van der Waals surface area contributed by atoms with Gasteiger partial charge in [-0.05, 0) is 69.1 Å². The highest BCUT2D eigenvalue weighted by atomic mass is 16.5. The van der Waals surface area contributed by atoms with Crippen LogP contribution in [0.3, 0.4) is 0 Å². The lowest BCUT2D eigenvalue weighted by Crippen LogP contribution is -2.32. The summed E-state index contributed by atoms with van der Waals surface area (Å²) in [6.07, 6.45) is 0.109. The molecule has 7 nitrogen and oxygen atoms in total. The lowest BCUT2D eigenvalue weighted by Gasteiger charge is -2.16. The van der Waals surface area contributed by atoms with Gasteiger partial charge in [0.15, 0.2) is 11.5 Å². The molecule has 172 valence electrons. The van der Waals surface area contributed by atoms with Gasteiger partial charge in [-0.1, -0.05) is 6.07 Å². The van der Waals surface area contributed by atoms with E-state index in [2.05, 4.69) is 5.32 Å². The van der Waals surface area contributed by atoms with Crippen LogP contribution in [0.5, 0.6) is 17.2 Å². The molecule has 0 aliphatic rings. The smallest absolute Gasteiger partial charge is 0.339 e. The maximum Gasteiger partial charge on any atom is 0.339 e. The second-order valence-corrected chi connectivity index (χ2v) is 7.81. The Morgan fingerprint density at radius 2 is 1.69 bits per heavy atom. The van der Waals surface area contributed by atoms with Crippen molar-refractivity contribution in [1.29, 1.82) is 0 Å². The van der Waals surface area contributed by atoms with Gasteiger partial charge in [-0.25, -0.2) is 4.79 Å². The number of ether oxygens (including phenoxy) is 3. The number of benzene rings is 2. The van der Waals surface area contributed by atoms with Gasteiger partial charge in [0.1, 0.15) is 24.0 Å². The first-order valence-electron chi connectivity index (χ1n) is 10.6. The standard InChI is InChI=1S/C25H31NO6/c1-15-16(2)25(28)32-24-17(3)21(9-7-20(15)24)31-14-19(27)13-26-11-10-18-6-8-22(29-4)23(12-18)30-5/h6-9,12,19,26-27H,10-11,13-14H2,1-5H3/t19-/m1/s1. The van der Waals surface area contributed by atoms with Gasteiger partial charge in [-0.2, -0.15) is 0 Å². The predicted octanol–water partition coefficient (Wildman–Crippen LogP) is 3.31. The molecule has 0 saturated carbocycles. The monoisotopic (exact) mass is 441 g/mol. The Morgan fingerprint density at radius 1 is 0.969 bits per heavy atom. The Kier molecular flexibility index (Phi) is 7.77. The zero-order valence-corrected chi connectivity index (χ0v) is 19.3. The second-order valence-electron chi connectivity index (χ2n) is 7.81. The molecule has 2 N–H and O–H groups in total. The van der Waals surface area contributed by atoms with Gasteiger partial charge in [0.2, 0.25) is 0 Å². The maximum absolute atomic E-state index is 12.0. The number of hydrogen-bond acceptors (Lipinski definition) is 7. The van der Waals surface area contributed by atoms with Gasteiger partial charge < -0.3 is 29.1 Å². The molecule has 0 bridgehead atoms. The van der Waals surface area contributed by atoms with Crippen LogP contribution in [0.2, 0.25) is 0 Å². The van der Waals surface area contributed by atoms with E-state index in [1.165, 1.54) is 0 Å². The molecule has 0 aliphatic heterocycles. The van der Waals surface area contributed by atoms with Crippen molar-refractivity contribution in [3.63, 3.8) is 0 Å². The first-order chi connectivity index (χ1) is 15.3. The van der Waals surface area contributed by atoms with E-state index in [-0.39, 0.29) is 12.2 Å². The van der Waals surface area contributed by atoms with Gasteiger partial charge in [0, 0.05) is 23.1 Å². The molecule has 3 rings (SSSR count). The number of nitrogens with one attached hydrogen (secondary N) is 1. The Morgan fingerprint density at radius 3 is 2.41 bits per heavy atom. The van der Waals surface area contributed by atoms with E-state index >= 15 is 0 Å². The highest BCUT2D eigenvalue weighted by molar-refractivity contribution is 5.85. The van der Waals surface area contributed by atoms with E-state index in [1.54, 1.807) is 21.1 Å². The van der Waals surface area contributed by atoms with Crippen molar-refractivity contribution < 1.29 is 23.7 Å². The third-order valence-electron chi connectivity index (χ3n) is 5.67. The summed E-state index contributed by atoms with van der Waals surface area (Å²) in [5, 5.41) is 14.4. The first-order valence-corrected chi connectivity index (χ1v) is 10.6. The van der Waals surface area contributed by atoms with Crippen molar-refractivity contribution in [2.45, 2.75) is 33.3 Å².